The SMILES string of the molecule is COC(=O)c1ccc(C(=O)Cl)n1C. The second-order valence-electron chi connectivity index (χ2n) is 2.43. The van der Waals surface area contributed by atoms with E-state index in [-0.39, 0.29) is 5.69 Å². The summed E-state index contributed by atoms with van der Waals surface area (Å²) in [6.07, 6.45) is 0. The first kappa shape index (κ1) is 9.80. The smallest absolute Gasteiger partial charge is 0.354 e. The molecule has 1 heterocycles. The first-order chi connectivity index (χ1) is 6.07. The summed E-state index contributed by atoms with van der Waals surface area (Å²) in [7, 11) is 2.85. The molecule has 0 fully saturated rings. The third-order valence-electron chi connectivity index (χ3n) is 1.72. The quantitative estimate of drug-likeness (QED) is 0.534. The Morgan fingerprint density at radius 3 is 2.31 bits per heavy atom. The Morgan fingerprint density at radius 2 is 1.92 bits per heavy atom. The van der Waals surface area contributed by atoms with E-state index in [4.69, 9.17) is 11.6 Å². The molecule has 0 amide bonds. The lowest BCUT2D eigenvalue weighted by Gasteiger charge is -2.02. The van der Waals surface area contributed by atoms with Gasteiger partial charge in [-0.05, 0) is 23.7 Å². The number of halogens is 1. The van der Waals surface area contributed by atoms with Crippen molar-refractivity contribution in [3.8, 4) is 0 Å². The van der Waals surface area contributed by atoms with Crippen molar-refractivity contribution in [2.75, 3.05) is 7.11 Å². The van der Waals surface area contributed by atoms with E-state index in [0.29, 0.717) is 5.69 Å². The number of aromatic nitrogens is 1. The first-order valence-corrected chi connectivity index (χ1v) is 3.89. The lowest BCUT2D eigenvalue weighted by molar-refractivity contribution is 0.0590. The van der Waals surface area contributed by atoms with E-state index in [2.05, 4.69) is 4.74 Å². The van der Waals surface area contributed by atoms with E-state index in [1.165, 1.54) is 23.8 Å². The standard InChI is InChI=1S/C8H8ClNO3/c1-10-5(7(9)11)3-4-6(10)8(12)13-2/h3-4H,1-2H3. The maximum Gasteiger partial charge on any atom is 0.354 e. The largest absolute Gasteiger partial charge is 0.464 e. The van der Waals surface area contributed by atoms with Gasteiger partial charge in [-0.25, -0.2) is 4.79 Å². The molecule has 0 N–H and O–H groups in total. The topological polar surface area (TPSA) is 48.3 Å². The summed E-state index contributed by atoms with van der Waals surface area (Å²) in [5.74, 6) is -0.494. The van der Waals surface area contributed by atoms with Crippen molar-refractivity contribution in [2.45, 2.75) is 0 Å². The van der Waals surface area contributed by atoms with Crippen LogP contribution in [0.5, 0.6) is 0 Å². The molecular weight excluding hydrogens is 194 g/mol. The minimum atomic E-state index is -0.599. The summed E-state index contributed by atoms with van der Waals surface area (Å²) >= 11 is 5.26. The van der Waals surface area contributed by atoms with Crippen molar-refractivity contribution in [1.82, 2.24) is 4.57 Å². The van der Waals surface area contributed by atoms with Crippen LogP contribution < -0.4 is 0 Å². The molecule has 0 bridgehead atoms. The van der Waals surface area contributed by atoms with Gasteiger partial charge >= 0.3 is 5.97 Å². The number of carbonyl (C=O) groups excluding carboxylic acids is 2. The predicted molar refractivity (Wildman–Crippen MR) is 46.9 cm³/mol. The number of hydrogen-bond acceptors (Lipinski definition) is 3. The Bertz CT molecular complexity index is 356. The summed E-state index contributed by atoms with van der Waals surface area (Å²) in [4.78, 5) is 21.9. The average Bonchev–Trinajstić information content (AvgIpc) is 2.46. The van der Waals surface area contributed by atoms with Crippen LogP contribution in [-0.4, -0.2) is 22.9 Å². The van der Waals surface area contributed by atoms with Gasteiger partial charge in [-0.3, -0.25) is 4.79 Å². The minimum absolute atomic E-state index is 0.266. The van der Waals surface area contributed by atoms with Gasteiger partial charge in [0.25, 0.3) is 5.24 Å². The van der Waals surface area contributed by atoms with E-state index in [9.17, 15) is 9.59 Å². The second kappa shape index (κ2) is 3.62. The Hall–Kier alpha value is -1.29. The highest BCUT2D eigenvalue weighted by atomic mass is 35.5. The summed E-state index contributed by atoms with van der Waals surface area (Å²) in [5.41, 5.74) is 0.563. The van der Waals surface area contributed by atoms with Crippen LogP contribution in [0.25, 0.3) is 0 Å². The van der Waals surface area contributed by atoms with Gasteiger partial charge < -0.3 is 9.30 Å². The summed E-state index contributed by atoms with van der Waals surface area (Å²) in [5, 5.41) is -0.599. The normalized spacial score (nSPS) is 9.77. The third-order valence-corrected chi connectivity index (χ3v) is 1.91. The monoisotopic (exact) mass is 201 g/mol. The number of nitrogens with zero attached hydrogens (tertiary/aromatic N) is 1. The average molecular weight is 202 g/mol. The van der Waals surface area contributed by atoms with Crippen LogP contribution in [0.2, 0.25) is 0 Å². The summed E-state index contributed by atoms with van der Waals surface area (Å²) in [6, 6.07) is 2.96. The number of esters is 1. The van der Waals surface area contributed by atoms with Crippen molar-refractivity contribution in [3.63, 3.8) is 0 Å². The van der Waals surface area contributed by atoms with Crippen LogP contribution in [0.15, 0.2) is 12.1 Å². The number of rotatable bonds is 2. The fraction of sp³-hybridized carbons (Fsp3) is 0.250. The van der Waals surface area contributed by atoms with Crippen molar-refractivity contribution in [3.05, 3.63) is 23.5 Å². The molecule has 0 saturated heterocycles. The molecule has 0 saturated carbocycles. The minimum Gasteiger partial charge on any atom is -0.464 e. The highest BCUT2D eigenvalue weighted by molar-refractivity contribution is 6.67. The van der Waals surface area contributed by atoms with E-state index in [0.717, 1.165) is 0 Å². The zero-order valence-corrected chi connectivity index (χ0v) is 7.96. The van der Waals surface area contributed by atoms with Crippen LogP contribution >= 0.6 is 11.6 Å². The Balaban J connectivity index is 3.13. The van der Waals surface area contributed by atoms with Gasteiger partial charge in [0.2, 0.25) is 0 Å². The molecule has 0 spiro atoms. The number of hydrogen-bond donors (Lipinski definition) is 0. The summed E-state index contributed by atoms with van der Waals surface area (Å²) < 4.78 is 5.89. The Kier molecular flexibility index (Phi) is 2.72. The molecule has 0 radical (unpaired) electrons. The molecule has 0 unspecified atom stereocenters. The fourth-order valence-electron chi connectivity index (χ4n) is 1.02. The van der Waals surface area contributed by atoms with Crippen LogP contribution in [0.4, 0.5) is 0 Å². The molecule has 0 atom stereocenters. The van der Waals surface area contributed by atoms with Gasteiger partial charge in [0, 0.05) is 7.05 Å². The molecule has 0 aliphatic heterocycles. The number of carbonyl (C=O) groups is 2. The fourth-order valence-corrected chi connectivity index (χ4v) is 1.21. The molecule has 13 heavy (non-hydrogen) atoms. The first-order valence-electron chi connectivity index (χ1n) is 3.51. The molecule has 1 aromatic rings. The van der Waals surface area contributed by atoms with Gasteiger partial charge in [0.15, 0.2) is 0 Å². The molecular formula is C8H8ClNO3. The molecule has 70 valence electrons. The molecule has 0 aliphatic rings. The van der Waals surface area contributed by atoms with Crippen LogP contribution in [0.3, 0.4) is 0 Å². The Labute approximate surface area is 80.1 Å². The lowest BCUT2D eigenvalue weighted by Crippen LogP contribution is -2.10. The van der Waals surface area contributed by atoms with E-state index >= 15 is 0 Å². The van der Waals surface area contributed by atoms with E-state index < -0.39 is 11.2 Å². The molecule has 4 nitrogen and oxygen atoms in total. The number of methoxy groups -OCH3 is 1. The predicted octanol–water partition coefficient (Wildman–Crippen LogP) is 1.19. The van der Waals surface area contributed by atoms with Crippen LogP contribution in [-0.2, 0) is 11.8 Å². The van der Waals surface area contributed by atoms with Gasteiger partial charge in [-0.1, -0.05) is 0 Å². The number of ether oxygens (including phenoxy) is 1. The van der Waals surface area contributed by atoms with Crippen molar-refractivity contribution in [2.24, 2.45) is 7.05 Å². The highest BCUT2D eigenvalue weighted by Gasteiger charge is 2.15. The molecule has 1 aromatic heterocycles. The van der Waals surface area contributed by atoms with Crippen molar-refractivity contribution < 1.29 is 14.3 Å². The zero-order chi connectivity index (χ0) is 10.0. The van der Waals surface area contributed by atoms with Gasteiger partial charge in [0.05, 0.1) is 7.11 Å². The van der Waals surface area contributed by atoms with E-state index in [1.807, 2.05) is 0 Å². The van der Waals surface area contributed by atoms with E-state index in [1.54, 1.807) is 7.05 Å². The Morgan fingerprint density at radius 1 is 1.38 bits per heavy atom. The van der Waals surface area contributed by atoms with Crippen LogP contribution in [0.1, 0.15) is 21.0 Å². The van der Waals surface area contributed by atoms with Gasteiger partial charge in [0.1, 0.15) is 11.4 Å². The third kappa shape index (κ3) is 1.72. The molecule has 1 rings (SSSR count). The lowest BCUT2D eigenvalue weighted by atomic mass is 10.4. The molecule has 0 aliphatic carbocycles. The van der Waals surface area contributed by atoms with Crippen molar-refractivity contribution >= 4 is 22.8 Å². The highest BCUT2D eigenvalue weighted by Crippen LogP contribution is 2.10. The van der Waals surface area contributed by atoms with Crippen LogP contribution in [0, 0.1) is 0 Å². The van der Waals surface area contributed by atoms with Gasteiger partial charge in [-0.2, -0.15) is 0 Å². The molecule has 0 aromatic carbocycles. The zero-order valence-electron chi connectivity index (χ0n) is 7.20. The maximum absolute atomic E-state index is 11.1. The second-order valence-corrected chi connectivity index (χ2v) is 2.77. The molecule has 5 heteroatoms. The summed E-state index contributed by atoms with van der Waals surface area (Å²) in [6.45, 7) is 0. The maximum atomic E-state index is 11.1. The van der Waals surface area contributed by atoms with Crippen molar-refractivity contribution in [1.29, 1.82) is 0 Å². The van der Waals surface area contributed by atoms with Gasteiger partial charge in [-0.15, -0.1) is 0 Å².